The van der Waals surface area contributed by atoms with Gasteiger partial charge in [0.2, 0.25) is 0 Å². The number of fused-ring (bicyclic) bond motifs is 2. The number of methoxy groups -OCH3 is 1. The van der Waals surface area contributed by atoms with Crippen molar-refractivity contribution < 1.29 is 4.74 Å². The highest BCUT2D eigenvalue weighted by Crippen LogP contribution is 2.21. The minimum Gasteiger partial charge on any atom is -0.384 e. The third-order valence-electron chi connectivity index (χ3n) is 5.55. The van der Waals surface area contributed by atoms with Gasteiger partial charge >= 0.3 is 0 Å². The van der Waals surface area contributed by atoms with Crippen LogP contribution in [0, 0.1) is 0 Å². The van der Waals surface area contributed by atoms with Crippen LogP contribution in [0.5, 0.6) is 0 Å². The van der Waals surface area contributed by atoms with E-state index in [-0.39, 0.29) is 0 Å². The second-order valence-electron chi connectivity index (χ2n) is 9.22. The summed E-state index contributed by atoms with van der Waals surface area (Å²) in [5, 5.41) is 8.79. The van der Waals surface area contributed by atoms with E-state index in [0.717, 1.165) is 19.6 Å². The quantitative estimate of drug-likeness (QED) is 0.326. The van der Waals surface area contributed by atoms with Gasteiger partial charge in [0.1, 0.15) is 0 Å². The Morgan fingerprint density at radius 2 is 1.26 bits per heavy atom. The van der Waals surface area contributed by atoms with Gasteiger partial charge in [-0.1, -0.05) is 53.7 Å². The van der Waals surface area contributed by atoms with E-state index in [1.807, 2.05) is 35.3 Å². The first kappa shape index (κ1) is 27.5. The summed E-state index contributed by atoms with van der Waals surface area (Å²) in [6.45, 7) is 14.5. The molecule has 6 nitrogen and oxygen atoms in total. The van der Waals surface area contributed by atoms with Crippen LogP contribution < -0.4 is 0 Å². The molecule has 0 saturated carbocycles. The van der Waals surface area contributed by atoms with Gasteiger partial charge in [-0.05, 0) is 55.6 Å². The Kier molecular flexibility index (Phi) is 10.7. The number of nitrogens with zero attached hydrogens (tertiary/aromatic N) is 5. The summed E-state index contributed by atoms with van der Waals surface area (Å²) in [5.41, 5.74) is 7.59. The van der Waals surface area contributed by atoms with Crippen molar-refractivity contribution in [1.82, 2.24) is 24.1 Å². The SMILES string of the molecule is CC.CC(C)c1cnn2cc(CN(C)C)ccc12.COCCc1ccc2c(C(C)C)cnn2c1. The van der Waals surface area contributed by atoms with Gasteiger partial charge in [-0.2, -0.15) is 10.2 Å². The minimum absolute atomic E-state index is 0.516. The van der Waals surface area contributed by atoms with Crippen molar-refractivity contribution in [2.75, 3.05) is 27.8 Å². The van der Waals surface area contributed by atoms with E-state index in [4.69, 9.17) is 4.74 Å². The molecule has 4 rings (SSSR count). The zero-order valence-electron chi connectivity index (χ0n) is 22.5. The van der Waals surface area contributed by atoms with E-state index in [2.05, 4.69) is 93.5 Å². The molecule has 0 aromatic carbocycles. The molecule has 0 bridgehead atoms. The number of hydrogen-bond acceptors (Lipinski definition) is 4. The van der Waals surface area contributed by atoms with Gasteiger partial charge in [0, 0.05) is 37.2 Å². The lowest BCUT2D eigenvalue weighted by Gasteiger charge is -2.10. The van der Waals surface area contributed by atoms with Crippen molar-refractivity contribution in [3.63, 3.8) is 0 Å². The Bertz CT molecular complexity index is 1140. The van der Waals surface area contributed by atoms with Crippen molar-refractivity contribution in [3.8, 4) is 0 Å². The summed E-state index contributed by atoms with van der Waals surface area (Å²) in [4.78, 5) is 2.16. The highest BCUT2D eigenvalue weighted by atomic mass is 16.5. The summed E-state index contributed by atoms with van der Waals surface area (Å²) in [7, 11) is 5.88. The molecule has 0 aliphatic rings. The average molecular weight is 466 g/mol. The van der Waals surface area contributed by atoms with Gasteiger partial charge in [-0.15, -0.1) is 0 Å². The second-order valence-corrected chi connectivity index (χ2v) is 9.22. The van der Waals surface area contributed by atoms with Crippen LogP contribution in [0.4, 0.5) is 0 Å². The molecule has 0 fully saturated rings. The molecule has 6 heteroatoms. The normalized spacial score (nSPS) is 11.2. The molecular formula is C28H43N5O. The van der Waals surface area contributed by atoms with Crippen LogP contribution in [0.1, 0.15) is 75.6 Å². The Balaban J connectivity index is 0.000000224. The third-order valence-corrected chi connectivity index (χ3v) is 5.55. The lowest BCUT2D eigenvalue weighted by atomic mass is 10.1. The number of aromatic nitrogens is 4. The monoisotopic (exact) mass is 465 g/mol. The standard InChI is InChI=1S/C13H19N3.C13H18N2O.C2H6/c1-10(2)12-7-14-16-9-11(8-15(3)4)5-6-13(12)16;1-10(2)12-8-14-15-9-11(6-7-16-3)4-5-13(12)15;1-2/h5-7,9-10H,8H2,1-4H3;4-5,8-10H,6-7H2,1-3H3;1-2H3. The van der Waals surface area contributed by atoms with Crippen LogP contribution in [0.25, 0.3) is 11.0 Å². The predicted octanol–water partition coefficient (Wildman–Crippen LogP) is 6.19. The smallest absolute Gasteiger partial charge is 0.0696 e. The van der Waals surface area contributed by atoms with Crippen molar-refractivity contribution >= 4 is 11.0 Å². The third kappa shape index (κ3) is 7.15. The van der Waals surface area contributed by atoms with Crippen molar-refractivity contribution in [2.45, 2.75) is 66.3 Å². The van der Waals surface area contributed by atoms with Crippen molar-refractivity contribution in [3.05, 3.63) is 71.3 Å². The number of ether oxygens (including phenoxy) is 1. The molecule has 0 saturated heterocycles. The van der Waals surface area contributed by atoms with E-state index < -0.39 is 0 Å². The molecule has 0 unspecified atom stereocenters. The van der Waals surface area contributed by atoms with Gasteiger partial charge in [-0.3, -0.25) is 0 Å². The molecule has 0 radical (unpaired) electrons. The second kappa shape index (κ2) is 13.3. The van der Waals surface area contributed by atoms with Crippen LogP contribution >= 0.6 is 0 Å². The van der Waals surface area contributed by atoms with Crippen LogP contribution in [0.3, 0.4) is 0 Å². The van der Waals surface area contributed by atoms with E-state index in [9.17, 15) is 0 Å². The Morgan fingerprint density at radius 1 is 0.794 bits per heavy atom. The van der Waals surface area contributed by atoms with E-state index in [0.29, 0.717) is 11.8 Å². The summed E-state index contributed by atoms with van der Waals surface area (Å²) in [6.07, 6.45) is 9.06. The van der Waals surface area contributed by atoms with Gasteiger partial charge in [0.15, 0.2) is 0 Å². The zero-order chi connectivity index (χ0) is 25.3. The lowest BCUT2D eigenvalue weighted by Crippen LogP contribution is -2.11. The maximum Gasteiger partial charge on any atom is 0.0696 e. The van der Waals surface area contributed by atoms with Crippen molar-refractivity contribution in [2.24, 2.45) is 0 Å². The van der Waals surface area contributed by atoms with Crippen molar-refractivity contribution in [1.29, 1.82) is 0 Å². The molecule has 4 heterocycles. The van der Waals surface area contributed by atoms with Crippen LogP contribution in [-0.2, 0) is 17.7 Å². The Labute approximate surface area is 205 Å². The molecule has 0 aliphatic heterocycles. The Hall–Kier alpha value is -2.70. The average Bonchev–Trinajstić information content (AvgIpc) is 3.43. The fourth-order valence-corrected chi connectivity index (χ4v) is 3.81. The molecule has 0 amide bonds. The summed E-state index contributed by atoms with van der Waals surface area (Å²) in [5.74, 6) is 1.04. The molecule has 0 atom stereocenters. The van der Waals surface area contributed by atoms with Crippen LogP contribution in [0.15, 0.2) is 49.1 Å². The first-order valence-electron chi connectivity index (χ1n) is 12.4. The highest BCUT2D eigenvalue weighted by Gasteiger charge is 2.09. The highest BCUT2D eigenvalue weighted by molar-refractivity contribution is 5.56. The molecule has 4 aromatic heterocycles. The largest absolute Gasteiger partial charge is 0.384 e. The summed E-state index contributed by atoms with van der Waals surface area (Å²) >= 11 is 0. The maximum absolute atomic E-state index is 5.07. The molecule has 186 valence electrons. The van der Waals surface area contributed by atoms with E-state index >= 15 is 0 Å². The number of hydrogen-bond donors (Lipinski definition) is 0. The van der Waals surface area contributed by atoms with Gasteiger partial charge < -0.3 is 9.64 Å². The van der Waals surface area contributed by atoms with Crippen LogP contribution in [0.2, 0.25) is 0 Å². The maximum atomic E-state index is 5.07. The zero-order valence-corrected chi connectivity index (χ0v) is 22.5. The first-order valence-corrected chi connectivity index (χ1v) is 12.4. The molecule has 0 aliphatic carbocycles. The van der Waals surface area contributed by atoms with Gasteiger partial charge in [0.05, 0.1) is 30.0 Å². The Morgan fingerprint density at radius 3 is 1.71 bits per heavy atom. The first-order chi connectivity index (χ1) is 16.3. The van der Waals surface area contributed by atoms with E-state index in [1.165, 1.54) is 33.3 Å². The summed E-state index contributed by atoms with van der Waals surface area (Å²) < 4.78 is 9.01. The molecule has 0 N–H and O–H groups in total. The number of rotatable bonds is 7. The van der Waals surface area contributed by atoms with Crippen LogP contribution in [-0.4, -0.2) is 51.9 Å². The molecule has 34 heavy (non-hydrogen) atoms. The van der Waals surface area contributed by atoms with Gasteiger partial charge in [0.25, 0.3) is 0 Å². The molecule has 4 aromatic rings. The lowest BCUT2D eigenvalue weighted by molar-refractivity contribution is 0.202. The molecule has 0 spiro atoms. The fourth-order valence-electron chi connectivity index (χ4n) is 3.81. The molecular weight excluding hydrogens is 422 g/mol. The number of pyridine rings is 2. The topological polar surface area (TPSA) is 47.1 Å². The van der Waals surface area contributed by atoms with E-state index in [1.54, 1.807) is 7.11 Å². The van der Waals surface area contributed by atoms with Gasteiger partial charge in [-0.25, -0.2) is 9.03 Å². The summed E-state index contributed by atoms with van der Waals surface area (Å²) in [6, 6.07) is 8.65. The minimum atomic E-state index is 0.516. The predicted molar refractivity (Wildman–Crippen MR) is 143 cm³/mol. The fraction of sp³-hybridized carbons (Fsp3) is 0.500.